The van der Waals surface area contributed by atoms with E-state index in [0.29, 0.717) is 23.5 Å². The number of Topliss-reactive ketones (excluding diaryl/α,β-unsaturated/α-hetero) is 1. The lowest BCUT2D eigenvalue weighted by molar-refractivity contribution is 0.0222. The maximum Gasteiger partial charge on any atom is 0.307 e. The van der Waals surface area contributed by atoms with Crippen LogP contribution in [0, 0.1) is 0 Å². The molecule has 0 aliphatic heterocycles. The lowest BCUT2D eigenvalue weighted by Crippen LogP contribution is -2.24. The zero-order valence-corrected chi connectivity index (χ0v) is 10.1. The molecule has 0 atom stereocenters. The van der Waals surface area contributed by atoms with Crippen LogP contribution in [-0.2, 0) is 0 Å². The highest BCUT2D eigenvalue weighted by Crippen LogP contribution is 2.30. The van der Waals surface area contributed by atoms with Crippen molar-refractivity contribution in [3.63, 3.8) is 0 Å². The number of fused-ring (bicyclic) bond motifs is 3. The van der Waals surface area contributed by atoms with Gasteiger partial charge in [0.25, 0.3) is 0 Å². The first-order valence-corrected chi connectivity index (χ1v) is 5.81. The summed E-state index contributed by atoms with van der Waals surface area (Å²) in [6.45, 7) is 0.604. The lowest BCUT2D eigenvalue weighted by atomic mass is 10.0. The minimum atomic E-state index is -3.37. The fourth-order valence-corrected chi connectivity index (χ4v) is 2.12. The second-order valence-electron chi connectivity index (χ2n) is 4.53. The van der Waals surface area contributed by atoms with Crippen molar-refractivity contribution in [1.29, 1.82) is 0 Å². The van der Waals surface area contributed by atoms with Crippen molar-refractivity contribution in [2.45, 2.75) is 12.8 Å². The largest absolute Gasteiger partial charge is 0.456 e. The maximum atomic E-state index is 13.1. The van der Waals surface area contributed by atoms with Crippen LogP contribution in [0.1, 0.15) is 17.3 Å². The van der Waals surface area contributed by atoms with Gasteiger partial charge in [0.05, 0.1) is 0 Å². The van der Waals surface area contributed by atoms with E-state index in [9.17, 15) is 13.6 Å². The van der Waals surface area contributed by atoms with Gasteiger partial charge in [-0.2, -0.15) is 8.78 Å². The predicted molar refractivity (Wildman–Crippen MR) is 68.7 cm³/mol. The summed E-state index contributed by atoms with van der Waals surface area (Å²) in [5, 5.41) is 1.48. The van der Waals surface area contributed by atoms with Crippen molar-refractivity contribution in [2.75, 3.05) is 0 Å². The summed E-state index contributed by atoms with van der Waals surface area (Å²) in [6.07, 6.45) is 0. The van der Waals surface area contributed by atoms with Crippen molar-refractivity contribution in [3.8, 4) is 0 Å². The third kappa shape index (κ3) is 1.89. The molecular formula is C15H10F2O2. The molecule has 3 aromatic rings. The smallest absolute Gasteiger partial charge is 0.307 e. The first-order chi connectivity index (χ1) is 8.97. The molecule has 0 saturated carbocycles. The van der Waals surface area contributed by atoms with Crippen LogP contribution in [0.3, 0.4) is 0 Å². The van der Waals surface area contributed by atoms with Gasteiger partial charge in [-0.15, -0.1) is 0 Å². The Hall–Kier alpha value is -2.23. The predicted octanol–water partition coefficient (Wildman–Crippen LogP) is 4.42. The summed E-state index contributed by atoms with van der Waals surface area (Å²) in [6, 6.07) is 11.7. The van der Waals surface area contributed by atoms with E-state index in [1.54, 1.807) is 12.1 Å². The van der Waals surface area contributed by atoms with Crippen molar-refractivity contribution < 1.29 is 18.0 Å². The number of furan rings is 1. The normalized spacial score (nSPS) is 12.2. The monoisotopic (exact) mass is 260 g/mol. The number of hydrogen-bond donors (Lipinski definition) is 0. The van der Waals surface area contributed by atoms with Crippen LogP contribution in [0.2, 0.25) is 0 Å². The second kappa shape index (κ2) is 3.88. The summed E-state index contributed by atoms with van der Waals surface area (Å²) >= 11 is 0. The molecular weight excluding hydrogens is 250 g/mol. The number of ketones is 1. The third-order valence-electron chi connectivity index (χ3n) is 3.04. The molecule has 19 heavy (non-hydrogen) atoms. The first-order valence-electron chi connectivity index (χ1n) is 5.81. The number of benzene rings is 2. The summed E-state index contributed by atoms with van der Waals surface area (Å²) in [5.74, 6) is -4.55. The number of carbonyl (C=O) groups excluding carboxylic acids is 1. The van der Waals surface area contributed by atoms with Crippen molar-refractivity contribution in [2.24, 2.45) is 0 Å². The SMILES string of the molecule is CC(F)(F)C(=O)c1ccc2oc3ccccc3c2c1. The van der Waals surface area contributed by atoms with E-state index < -0.39 is 11.7 Å². The van der Waals surface area contributed by atoms with E-state index >= 15 is 0 Å². The molecule has 0 N–H and O–H groups in total. The number of rotatable bonds is 2. The molecule has 1 heterocycles. The summed E-state index contributed by atoms with van der Waals surface area (Å²) in [5.41, 5.74) is 1.24. The zero-order chi connectivity index (χ0) is 13.6. The molecule has 96 valence electrons. The Bertz CT molecular complexity index is 782. The Kier molecular flexibility index (Phi) is 2.42. The quantitative estimate of drug-likeness (QED) is 0.638. The van der Waals surface area contributed by atoms with Crippen molar-refractivity contribution in [3.05, 3.63) is 48.0 Å². The highest BCUT2D eigenvalue weighted by atomic mass is 19.3. The minimum Gasteiger partial charge on any atom is -0.456 e. The molecule has 3 rings (SSSR count). The van der Waals surface area contributed by atoms with Gasteiger partial charge >= 0.3 is 5.92 Å². The Morgan fingerprint density at radius 1 is 1.05 bits per heavy atom. The summed E-state index contributed by atoms with van der Waals surface area (Å²) in [4.78, 5) is 11.6. The number of halogens is 2. The average Bonchev–Trinajstić information content (AvgIpc) is 2.74. The molecule has 0 amide bonds. The van der Waals surface area contributed by atoms with Gasteiger partial charge in [-0.05, 0) is 24.3 Å². The van der Waals surface area contributed by atoms with Crippen molar-refractivity contribution in [1.82, 2.24) is 0 Å². The van der Waals surface area contributed by atoms with Crippen LogP contribution in [0.15, 0.2) is 46.9 Å². The number of hydrogen-bond acceptors (Lipinski definition) is 2. The van der Waals surface area contributed by atoms with E-state index in [1.807, 2.05) is 18.2 Å². The molecule has 2 aromatic carbocycles. The van der Waals surface area contributed by atoms with Crippen LogP contribution < -0.4 is 0 Å². The fourth-order valence-electron chi connectivity index (χ4n) is 2.12. The molecule has 0 aliphatic carbocycles. The highest BCUT2D eigenvalue weighted by molar-refractivity contribution is 6.09. The maximum absolute atomic E-state index is 13.1. The van der Waals surface area contributed by atoms with Crippen LogP contribution in [-0.4, -0.2) is 11.7 Å². The second-order valence-corrected chi connectivity index (χ2v) is 4.53. The number of para-hydroxylation sites is 1. The van der Waals surface area contributed by atoms with E-state index in [0.717, 1.165) is 5.39 Å². The Morgan fingerprint density at radius 2 is 1.74 bits per heavy atom. The van der Waals surface area contributed by atoms with Crippen LogP contribution in [0.25, 0.3) is 21.9 Å². The van der Waals surface area contributed by atoms with E-state index in [1.165, 1.54) is 12.1 Å². The highest BCUT2D eigenvalue weighted by Gasteiger charge is 2.33. The van der Waals surface area contributed by atoms with Crippen LogP contribution in [0.4, 0.5) is 8.78 Å². The molecule has 4 heteroatoms. The van der Waals surface area contributed by atoms with Gasteiger partial charge in [-0.3, -0.25) is 4.79 Å². The van der Waals surface area contributed by atoms with Crippen LogP contribution >= 0.6 is 0 Å². The molecule has 0 fully saturated rings. The van der Waals surface area contributed by atoms with E-state index in [2.05, 4.69) is 0 Å². The molecule has 0 spiro atoms. The van der Waals surface area contributed by atoms with Gasteiger partial charge in [0.15, 0.2) is 0 Å². The topological polar surface area (TPSA) is 30.2 Å². The average molecular weight is 260 g/mol. The zero-order valence-electron chi connectivity index (χ0n) is 10.1. The Balaban J connectivity index is 2.25. The first kappa shape index (κ1) is 11.8. The molecule has 1 aromatic heterocycles. The third-order valence-corrected chi connectivity index (χ3v) is 3.04. The Morgan fingerprint density at radius 3 is 2.47 bits per heavy atom. The number of alkyl halides is 2. The van der Waals surface area contributed by atoms with Crippen LogP contribution in [0.5, 0.6) is 0 Å². The van der Waals surface area contributed by atoms with Crippen molar-refractivity contribution >= 4 is 27.7 Å². The number of carbonyl (C=O) groups is 1. The molecule has 0 radical (unpaired) electrons. The van der Waals surface area contributed by atoms with E-state index in [4.69, 9.17) is 4.42 Å². The fraction of sp³-hybridized carbons (Fsp3) is 0.133. The summed E-state index contributed by atoms with van der Waals surface area (Å²) in [7, 11) is 0. The van der Waals surface area contributed by atoms with Gasteiger partial charge in [-0.1, -0.05) is 18.2 Å². The molecule has 0 saturated heterocycles. The standard InChI is InChI=1S/C15H10F2O2/c1-15(16,17)14(18)9-6-7-13-11(8-9)10-4-2-3-5-12(10)19-13/h2-8H,1H3. The van der Waals surface area contributed by atoms with Gasteiger partial charge in [0, 0.05) is 23.3 Å². The molecule has 0 bridgehead atoms. The van der Waals surface area contributed by atoms with Gasteiger partial charge in [-0.25, -0.2) is 0 Å². The van der Waals surface area contributed by atoms with Gasteiger partial charge in [0.1, 0.15) is 11.2 Å². The Labute approximate surface area is 107 Å². The minimum absolute atomic E-state index is 0.00782. The van der Waals surface area contributed by atoms with E-state index in [-0.39, 0.29) is 5.56 Å². The molecule has 2 nitrogen and oxygen atoms in total. The van der Waals surface area contributed by atoms with Gasteiger partial charge < -0.3 is 4.42 Å². The summed E-state index contributed by atoms with van der Waals surface area (Å²) < 4.78 is 31.7. The molecule has 0 aliphatic rings. The molecule has 0 unspecified atom stereocenters. The lowest BCUT2D eigenvalue weighted by Gasteiger charge is -2.08. The van der Waals surface area contributed by atoms with Gasteiger partial charge in [0.2, 0.25) is 5.78 Å².